The van der Waals surface area contributed by atoms with E-state index in [2.05, 4.69) is 75.7 Å². The molecule has 1 aromatic heterocycles. The fraction of sp³-hybridized carbons (Fsp3) is 0.250. The zero-order valence-electron chi connectivity index (χ0n) is 21.0. The first-order chi connectivity index (χ1) is 18.2. The van der Waals surface area contributed by atoms with Gasteiger partial charge in [-0.3, -0.25) is 4.79 Å². The molecule has 0 unspecified atom stereocenters. The zero-order chi connectivity index (χ0) is 27.4. The van der Waals surface area contributed by atoms with Crippen molar-refractivity contribution in [2.45, 2.75) is 39.7 Å². The Bertz CT molecular complexity index is 1570. The third-order valence-corrected chi connectivity index (χ3v) is 8.24. The van der Waals surface area contributed by atoms with Crippen molar-refractivity contribution in [1.29, 1.82) is 0 Å². The minimum absolute atomic E-state index is 0.0485. The van der Waals surface area contributed by atoms with Gasteiger partial charge < -0.3 is 9.47 Å². The highest BCUT2D eigenvalue weighted by molar-refractivity contribution is 9.11. The van der Waals surface area contributed by atoms with Crippen LogP contribution >= 0.6 is 63.7 Å². The second-order valence-electron chi connectivity index (χ2n) is 8.59. The Labute approximate surface area is 255 Å². The van der Waals surface area contributed by atoms with Gasteiger partial charge in [0.05, 0.1) is 28.2 Å². The predicted octanol–water partition coefficient (Wildman–Crippen LogP) is 8.82. The highest BCUT2D eigenvalue weighted by Gasteiger charge is 2.17. The summed E-state index contributed by atoms with van der Waals surface area (Å²) in [5, 5.41) is 5.09. The van der Waals surface area contributed by atoms with E-state index in [1.165, 1.54) is 4.68 Å². The molecule has 0 spiro atoms. The van der Waals surface area contributed by atoms with Crippen LogP contribution in [0, 0.1) is 0 Å². The van der Waals surface area contributed by atoms with Crippen molar-refractivity contribution in [2.24, 2.45) is 5.10 Å². The van der Waals surface area contributed by atoms with Crippen molar-refractivity contribution in [2.75, 3.05) is 6.61 Å². The van der Waals surface area contributed by atoms with Gasteiger partial charge in [-0.15, -0.1) is 0 Å². The lowest BCUT2D eigenvalue weighted by Gasteiger charge is -2.16. The molecule has 6 nitrogen and oxygen atoms in total. The van der Waals surface area contributed by atoms with E-state index in [9.17, 15) is 4.79 Å². The van der Waals surface area contributed by atoms with Crippen molar-refractivity contribution >= 4 is 80.8 Å². The summed E-state index contributed by atoms with van der Waals surface area (Å²) in [5.74, 6) is 1.83. The minimum Gasteiger partial charge on any atom is -0.490 e. The van der Waals surface area contributed by atoms with Gasteiger partial charge in [0.25, 0.3) is 5.56 Å². The molecule has 0 saturated heterocycles. The van der Waals surface area contributed by atoms with Crippen LogP contribution in [0.5, 0.6) is 11.5 Å². The smallest absolute Gasteiger partial charge is 0.282 e. The van der Waals surface area contributed by atoms with E-state index in [1.54, 1.807) is 12.3 Å². The predicted molar refractivity (Wildman–Crippen MR) is 167 cm³/mol. The Morgan fingerprint density at radius 1 is 0.974 bits per heavy atom. The zero-order valence-corrected chi connectivity index (χ0v) is 27.3. The largest absolute Gasteiger partial charge is 0.490 e. The van der Waals surface area contributed by atoms with E-state index in [0.717, 1.165) is 31.0 Å². The van der Waals surface area contributed by atoms with Crippen molar-refractivity contribution in [3.05, 3.63) is 93.7 Å². The number of aromatic nitrogens is 2. The van der Waals surface area contributed by atoms with Crippen LogP contribution in [0.15, 0.2) is 76.3 Å². The molecule has 4 aromatic rings. The minimum atomic E-state index is -0.216. The van der Waals surface area contributed by atoms with Crippen LogP contribution in [-0.4, -0.2) is 22.5 Å². The lowest BCUT2D eigenvalue weighted by atomic mass is 10.1. The van der Waals surface area contributed by atoms with Gasteiger partial charge in [0.1, 0.15) is 12.4 Å². The van der Waals surface area contributed by atoms with Crippen LogP contribution in [0.25, 0.3) is 10.9 Å². The molecule has 0 aliphatic rings. The Hall–Kier alpha value is -2.01. The van der Waals surface area contributed by atoms with Crippen molar-refractivity contribution in [3.8, 4) is 11.5 Å². The van der Waals surface area contributed by atoms with E-state index in [0.29, 0.717) is 45.9 Å². The first-order valence-electron chi connectivity index (χ1n) is 12.0. The van der Waals surface area contributed by atoms with E-state index in [1.807, 2.05) is 56.3 Å². The summed E-state index contributed by atoms with van der Waals surface area (Å²) in [7, 11) is 0. The van der Waals surface area contributed by atoms with E-state index in [-0.39, 0.29) is 11.5 Å². The number of ether oxygens (including phenoxy) is 2. The Kier molecular flexibility index (Phi) is 9.84. The summed E-state index contributed by atoms with van der Waals surface area (Å²) in [4.78, 5) is 18.2. The topological polar surface area (TPSA) is 65.7 Å². The Balaban J connectivity index is 1.71. The summed E-state index contributed by atoms with van der Waals surface area (Å²) in [6.45, 7) is 6.84. The van der Waals surface area contributed by atoms with Crippen LogP contribution in [0.4, 0.5) is 0 Å². The average molecular weight is 771 g/mol. The van der Waals surface area contributed by atoms with Gasteiger partial charge in [0.15, 0.2) is 11.5 Å². The van der Waals surface area contributed by atoms with Gasteiger partial charge in [0.2, 0.25) is 0 Å². The molecule has 4 rings (SSSR count). The lowest BCUT2D eigenvalue weighted by Crippen LogP contribution is -2.23. The van der Waals surface area contributed by atoms with Crippen LogP contribution in [0.1, 0.15) is 50.1 Å². The number of fused-ring (bicyclic) bond motifs is 1. The van der Waals surface area contributed by atoms with E-state index < -0.39 is 0 Å². The number of hydrogen-bond donors (Lipinski definition) is 0. The van der Waals surface area contributed by atoms with Gasteiger partial charge in [0, 0.05) is 24.9 Å². The fourth-order valence-corrected chi connectivity index (χ4v) is 5.85. The second kappa shape index (κ2) is 12.9. The van der Waals surface area contributed by atoms with Crippen molar-refractivity contribution < 1.29 is 9.47 Å². The first-order valence-corrected chi connectivity index (χ1v) is 15.2. The monoisotopic (exact) mass is 767 g/mol. The standard InChI is InChI=1S/C28H25Br4N3O3/c1-4-16(3)27-34-24-9-8-19(29)12-21(24)28(36)35(27)33-14-17-10-23(32)26(25(11-17)37-5-2)38-15-18-6-7-20(30)13-22(18)31/h6-14,16H,4-5,15H2,1-3H3/t16-/m0/s1. The quantitative estimate of drug-likeness (QED) is 0.160. The number of rotatable bonds is 9. The number of benzene rings is 3. The summed E-state index contributed by atoms with van der Waals surface area (Å²) < 4.78 is 16.9. The van der Waals surface area contributed by atoms with E-state index >= 15 is 0 Å². The normalized spacial score (nSPS) is 12.3. The highest BCUT2D eigenvalue weighted by Crippen LogP contribution is 2.37. The molecule has 38 heavy (non-hydrogen) atoms. The third kappa shape index (κ3) is 6.58. The van der Waals surface area contributed by atoms with Crippen LogP contribution in [0.2, 0.25) is 0 Å². The van der Waals surface area contributed by atoms with Gasteiger partial charge in [-0.1, -0.05) is 67.7 Å². The molecular formula is C28H25Br4N3O3. The molecule has 0 aliphatic carbocycles. The molecule has 0 N–H and O–H groups in total. The molecule has 0 fully saturated rings. The molecule has 1 atom stereocenters. The SMILES string of the molecule is CCOc1cc(C=Nn2c([C@@H](C)CC)nc3ccc(Br)cc3c2=O)cc(Br)c1OCc1ccc(Br)cc1Br. The van der Waals surface area contributed by atoms with Gasteiger partial charge in [-0.2, -0.15) is 9.78 Å². The number of nitrogens with zero attached hydrogens (tertiary/aromatic N) is 3. The second-order valence-corrected chi connectivity index (χ2v) is 12.1. The molecule has 198 valence electrons. The van der Waals surface area contributed by atoms with Crippen molar-refractivity contribution in [1.82, 2.24) is 9.66 Å². The molecule has 0 saturated carbocycles. The summed E-state index contributed by atoms with van der Waals surface area (Å²) in [6, 6.07) is 15.2. The molecule has 0 radical (unpaired) electrons. The average Bonchev–Trinajstić information content (AvgIpc) is 2.88. The highest BCUT2D eigenvalue weighted by atomic mass is 79.9. The van der Waals surface area contributed by atoms with Crippen LogP contribution in [0.3, 0.4) is 0 Å². The molecular weight excluding hydrogens is 746 g/mol. The Morgan fingerprint density at radius 3 is 2.42 bits per heavy atom. The van der Waals surface area contributed by atoms with Crippen LogP contribution in [-0.2, 0) is 6.61 Å². The summed E-state index contributed by atoms with van der Waals surface area (Å²) in [5.41, 5.74) is 2.18. The fourth-order valence-electron chi connectivity index (χ4n) is 3.76. The van der Waals surface area contributed by atoms with Gasteiger partial charge in [-0.05, 0) is 77.3 Å². The maximum absolute atomic E-state index is 13.4. The molecule has 3 aromatic carbocycles. The van der Waals surface area contributed by atoms with Crippen molar-refractivity contribution in [3.63, 3.8) is 0 Å². The maximum Gasteiger partial charge on any atom is 0.282 e. The molecule has 0 amide bonds. The third-order valence-electron chi connectivity index (χ3n) is 5.93. The molecule has 0 bridgehead atoms. The molecule has 0 aliphatic heterocycles. The molecule has 1 heterocycles. The summed E-state index contributed by atoms with van der Waals surface area (Å²) >= 11 is 14.1. The molecule has 10 heteroatoms. The number of halogens is 4. The van der Waals surface area contributed by atoms with Gasteiger partial charge in [-0.25, -0.2) is 4.98 Å². The maximum atomic E-state index is 13.4. The lowest BCUT2D eigenvalue weighted by molar-refractivity contribution is 0.267. The number of hydrogen-bond acceptors (Lipinski definition) is 5. The van der Waals surface area contributed by atoms with E-state index in [4.69, 9.17) is 14.5 Å². The first kappa shape index (κ1) is 29.0. The Morgan fingerprint density at radius 2 is 1.71 bits per heavy atom. The summed E-state index contributed by atoms with van der Waals surface area (Å²) in [6.07, 6.45) is 2.46. The van der Waals surface area contributed by atoms with Gasteiger partial charge >= 0.3 is 0 Å². The van der Waals surface area contributed by atoms with Crippen LogP contribution < -0.4 is 15.0 Å².